The molecule has 3 heteroatoms. The van der Waals surface area contributed by atoms with Gasteiger partial charge in [-0.1, -0.05) is 48.0 Å². The number of nitrogens with zero attached hydrogens (tertiary/aromatic N) is 2. The highest BCUT2D eigenvalue weighted by Gasteiger charge is 2.06. The summed E-state index contributed by atoms with van der Waals surface area (Å²) in [6, 6.07) is 15.9. The molecule has 2 nitrogen and oxygen atoms in total. The second kappa shape index (κ2) is 5.98. The summed E-state index contributed by atoms with van der Waals surface area (Å²) in [6.45, 7) is 4.56. The first-order chi connectivity index (χ1) is 10.3. The molecule has 0 N–H and O–H groups in total. The number of allylic oxidation sites excluding steroid dienone is 1. The second-order valence-electron chi connectivity index (χ2n) is 4.74. The van der Waals surface area contributed by atoms with Gasteiger partial charge >= 0.3 is 0 Å². The molecule has 0 bridgehead atoms. The quantitative estimate of drug-likeness (QED) is 0.616. The van der Waals surface area contributed by atoms with Crippen LogP contribution in [0.15, 0.2) is 61.2 Å². The largest absolute Gasteiger partial charge is 0.321 e. The van der Waals surface area contributed by atoms with Crippen LogP contribution in [0.3, 0.4) is 0 Å². The molecule has 3 aromatic rings. The van der Waals surface area contributed by atoms with Crippen LogP contribution in [0, 0.1) is 0 Å². The number of rotatable bonds is 4. The van der Waals surface area contributed by atoms with Gasteiger partial charge in [-0.25, -0.2) is 4.98 Å². The van der Waals surface area contributed by atoms with Crippen LogP contribution in [0.1, 0.15) is 11.4 Å². The van der Waals surface area contributed by atoms with Gasteiger partial charge < -0.3 is 4.57 Å². The Morgan fingerprint density at radius 1 is 1.05 bits per heavy atom. The third-order valence-corrected chi connectivity index (χ3v) is 3.54. The van der Waals surface area contributed by atoms with Crippen molar-refractivity contribution in [3.8, 4) is 0 Å². The summed E-state index contributed by atoms with van der Waals surface area (Å²) in [7, 11) is 0. The molecule has 2 aromatic carbocycles. The lowest BCUT2D eigenvalue weighted by Crippen LogP contribution is -1.97. The maximum absolute atomic E-state index is 5.90. The van der Waals surface area contributed by atoms with Gasteiger partial charge in [-0.15, -0.1) is 6.58 Å². The Morgan fingerprint density at radius 3 is 2.57 bits per heavy atom. The standard InChI is InChI=1S/C18H15ClN2/c1-2-13-21-17-6-4-3-5-16(17)20-18(21)12-9-14-7-10-15(19)11-8-14/h2-12H,1,13H2/b12-9+. The third kappa shape index (κ3) is 2.91. The highest BCUT2D eigenvalue weighted by Crippen LogP contribution is 2.18. The van der Waals surface area contributed by atoms with Gasteiger partial charge in [0.1, 0.15) is 5.82 Å². The van der Waals surface area contributed by atoms with E-state index in [4.69, 9.17) is 11.6 Å². The second-order valence-corrected chi connectivity index (χ2v) is 5.18. The van der Waals surface area contributed by atoms with E-state index in [1.165, 1.54) is 0 Å². The molecule has 0 aliphatic heterocycles. The number of aromatic nitrogens is 2. The number of fused-ring (bicyclic) bond motifs is 1. The zero-order valence-corrected chi connectivity index (χ0v) is 12.3. The van der Waals surface area contributed by atoms with E-state index in [1.54, 1.807) is 0 Å². The van der Waals surface area contributed by atoms with Gasteiger partial charge in [0.05, 0.1) is 11.0 Å². The Bertz CT molecular complexity index is 798. The highest BCUT2D eigenvalue weighted by atomic mass is 35.5. The number of hydrogen-bond acceptors (Lipinski definition) is 1. The number of para-hydroxylation sites is 2. The lowest BCUT2D eigenvalue weighted by atomic mass is 10.2. The summed E-state index contributed by atoms with van der Waals surface area (Å²) in [6.07, 6.45) is 5.94. The highest BCUT2D eigenvalue weighted by molar-refractivity contribution is 6.30. The third-order valence-electron chi connectivity index (χ3n) is 3.29. The van der Waals surface area contributed by atoms with Gasteiger partial charge in [-0.05, 0) is 35.9 Å². The minimum atomic E-state index is 0.737. The van der Waals surface area contributed by atoms with Crippen molar-refractivity contribution in [2.75, 3.05) is 0 Å². The molecule has 0 aliphatic rings. The van der Waals surface area contributed by atoms with E-state index in [0.29, 0.717) is 0 Å². The molecule has 0 unspecified atom stereocenters. The molecular weight excluding hydrogens is 280 g/mol. The van der Waals surface area contributed by atoms with Crippen LogP contribution in [0.5, 0.6) is 0 Å². The molecule has 3 rings (SSSR count). The number of halogens is 1. The molecule has 1 heterocycles. The van der Waals surface area contributed by atoms with Gasteiger partial charge in [0.15, 0.2) is 0 Å². The molecule has 21 heavy (non-hydrogen) atoms. The number of hydrogen-bond donors (Lipinski definition) is 0. The van der Waals surface area contributed by atoms with Crippen LogP contribution in [0.2, 0.25) is 5.02 Å². The molecule has 0 aliphatic carbocycles. The SMILES string of the molecule is C=CCn1c(/C=C/c2ccc(Cl)cc2)nc2ccccc21. The van der Waals surface area contributed by atoms with Crippen LogP contribution in [0.25, 0.3) is 23.2 Å². The fourth-order valence-electron chi connectivity index (χ4n) is 2.29. The topological polar surface area (TPSA) is 17.8 Å². The summed E-state index contributed by atoms with van der Waals surface area (Å²) >= 11 is 5.90. The summed E-state index contributed by atoms with van der Waals surface area (Å²) in [5.74, 6) is 0.922. The molecule has 0 fully saturated rings. The van der Waals surface area contributed by atoms with Gasteiger partial charge in [0, 0.05) is 11.6 Å². The zero-order valence-electron chi connectivity index (χ0n) is 11.5. The molecule has 0 radical (unpaired) electrons. The summed E-state index contributed by atoms with van der Waals surface area (Å²) in [5, 5.41) is 0.742. The van der Waals surface area contributed by atoms with Crippen molar-refractivity contribution >= 4 is 34.8 Å². The Balaban J connectivity index is 2.01. The predicted octanol–water partition coefficient (Wildman–Crippen LogP) is 5.05. The van der Waals surface area contributed by atoms with Crippen molar-refractivity contribution in [3.05, 3.63) is 77.6 Å². The molecule has 104 valence electrons. The van der Waals surface area contributed by atoms with Crippen molar-refractivity contribution in [2.45, 2.75) is 6.54 Å². The van der Waals surface area contributed by atoms with E-state index in [0.717, 1.165) is 34.0 Å². The van der Waals surface area contributed by atoms with Crippen molar-refractivity contribution in [1.82, 2.24) is 9.55 Å². The molecule has 0 saturated heterocycles. The van der Waals surface area contributed by atoms with Crippen molar-refractivity contribution in [2.24, 2.45) is 0 Å². The van der Waals surface area contributed by atoms with E-state index in [1.807, 2.05) is 60.7 Å². The molecule has 0 saturated carbocycles. The van der Waals surface area contributed by atoms with Crippen LogP contribution in [0.4, 0.5) is 0 Å². The van der Waals surface area contributed by atoms with Crippen LogP contribution in [-0.4, -0.2) is 9.55 Å². The van der Waals surface area contributed by atoms with E-state index in [2.05, 4.69) is 22.2 Å². The Kier molecular flexibility index (Phi) is 3.89. The first-order valence-electron chi connectivity index (χ1n) is 6.78. The first kappa shape index (κ1) is 13.7. The van der Waals surface area contributed by atoms with Gasteiger partial charge in [0.25, 0.3) is 0 Å². The minimum absolute atomic E-state index is 0.737. The van der Waals surface area contributed by atoms with Gasteiger partial charge in [-0.2, -0.15) is 0 Å². The first-order valence-corrected chi connectivity index (χ1v) is 7.15. The molecule has 0 atom stereocenters. The smallest absolute Gasteiger partial charge is 0.134 e. The maximum Gasteiger partial charge on any atom is 0.134 e. The van der Waals surface area contributed by atoms with Crippen LogP contribution < -0.4 is 0 Å². The molecule has 1 aromatic heterocycles. The van der Waals surface area contributed by atoms with E-state index >= 15 is 0 Å². The average molecular weight is 295 g/mol. The summed E-state index contributed by atoms with van der Waals surface area (Å²) in [4.78, 5) is 4.67. The lowest BCUT2D eigenvalue weighted by Gasteiger charge is -2.02. The maximum atomic E-state index is 5.90. The van der Waals surface area contributed by atoms with Crippen LogP contribution >= 0.6 is 11.6 Å². The van der Waals surface area contributed by atoms with Crippen molar-refractivity contribution in [3.63, 3.8) is 0 Å². The summed E-state index contributed by atoms with van der Waals surface area (Å²) < 4.78 is 2.15. The number of benzene rings is 2. The van der Waals surface area contributed by atoms with Crippen LogP contribution in [-0.2, 0) is 6.54 Å². The summed E-state index contributed by atoms with van der Waals surface area (Å²) in [5.41, 5.74) is 3.21. The van der Waals surface area contributed by atoms with Gasteiger partial charge in [0.2, 0.25) is 0 Å². The van der Waals surface area contributed by atoms with E-state index in [9.17, 15) is 0 Å². The number of imidazole rings is 1. The minimum Gasteiger partial charge on any atom is -0.321 e. The van der Waals surface area contributed by atoms with E-state index < -0.39 is 0 Å². The molecule has 0 amide bonds. The predicted molar refractivity (Wildman–Crippen MR) is 90.3 cm³/mol. The lowest BCUT2D eigenvalue weighted by molar-refractivity contribution is 0.839. The molecule has 0 spiro atoms. The molecular formula is C18H15ClN2. The Labute approximate surface area is 129 Å². The normalized spacial score (nSPS) is 11.3. The average Bonchev–Trinajstić information content (AvgIpc) is 2.85. The fraction of sp³-hybridized carbons (Fsp3) is 0.0556. The van der Waals surface area contributed by atoms with Crippen molar-refractivity contribution < 1.29 is 0 Å². The Morgan fingerprint density at radius 2 is 1.81 bits per heavy atom. The van der Waals surface area contributed by atoms with E-state index in [-0.39, 0.29) is 0 Å². The Hall–Kier alpha value is -2.32. The van der Waals surface area contributed by atoms with Gasteiger partial charge in [-0.3, -0.25) is 0 Å². The fourth-order valence-corrected chi connectivity index (χ4v) is 2.41. The van der Waals surface area contributed by atoms with Crippen molar-refractivity contribution in [1.29, 1.82) is 0 Å². The monoisotopic (exact) mass is 294 g/mol. The zero-order chi connectivity index (χ0) is 14.7.